The van der Waals surface area contributed by atoms with Crippen LogP contribution in [0.4, 0.5) is 4.39 Å². The predicted octanol–water partition coefficient (Wildman–Crippen LogP) is 2.25. The van der Waals surface area contributed by atoms with E-state index in [1.807, 2.05) is 13.8 Å². The molecular formula is C11H16FNO. The maximum atomic E-state index is 13.2. The standard InChI is InChI=1S/C11H16FNO/c1-3-9(13)7-14-11-6-8(2)4-5-10(11)12/h4-6,9H,3,7,13H2,1-2H3. The van der Waals surface area contributed by atoms with Gasteiger partial charge in [0.25, 0.3) is 0 Å². The maximum Gasteiger partial charge on any atom is 0.165 e. The van der Waals surface area contributed by atoms with Crippen LogP contribution in [0.15, 0.2) is 18.2 Å². The zero-order chi connectivity index (χ0) is 10.6. The Hall–Kier alpha value is -1.09. The second kappa shape index (κ2) is 4.96. The zero-order valence-electron chi connectivity index (χ0n) is 8.59. The van der Waals surface area contributed by atoms with Crippen LogP contribution in [0, 0.1) is 12.7 Å². The molecule has 1 atom stereocenters. The molecule has 0 aliphatic heterocycles. The number of aryl methyl sites for hydroxylation is 1. The predicted molar refractivity (Wildman–Crippen MR) is 54.9 cm³/mol. The molecule has 0 bridgehead atoms. The molecule has 78 valence electrons. The van der Waals surface area contributed by atoms with E-state index in [1.165, 1.54) is 6.07 Å². The van der Waals surface area contributed by atoms with Crippen LogP contribution in [0.5, 0.6) is 5.75 Å². The van der Waals surface area contributed by atoms with Gasteiger partial charge in [-0.15, -0.1) is 0 Å². The van der Waals surface area contributed by atoms with Crippen molar-refractivity contribution in [3.63, 3.8) is 0 Å². The number of nitrogens with two attached hydrogens (primary N) is 1. The molecule has 1 unspecified atom stereocenters. The lowest BCUT2D eigenvalue weighted by molar-refractivity contribution is 0.272. The van der Waals surface area contributed by atoms with Crippen molar-refractivity contribution in [2.45, 2.75) is 26.3 Å². The zero-order valence-corrected chi connectivity index (χ0v) is 8.59. The first-order valence-corrected chi connectivity index (χ1v) is 4.78. The van der Waals surface area contributed by atoms with E-state index in [2.05, 4.69) is 0 Å². The number of ether oxygens (including phenoxy) is 1. The van der Waals surface area contributed by atoms with Gasteiger partial charge in [-0.25, -0.2) is 4.39 Å². The van der Waals surface area contributed by atoms with Crippen LogP contribution in [0.3, 0.4) is 0 Å². The van der Waals surface area contributed by atoms with Gasteiger partial charge in [-0.05, 0) is 31.0 Å². The quantitative estimate of drug-likeness (QED) is 0.803. The van der Waals surface area contributed by atoms with E-state index in [0.29, 0.717) is 6.61 Å². The summed E-state index contributed by atoms with van der Waals surface area (Å²) in [5.41, 5.74) is 6.64. The van der Waals surface area contributed by atoms with Crippen LogP contribution >= 0.6 is 0 Å². The van der Waals surface area contributed by atoms with E-state index in [4.69, 9.17) is 10.5 Å². The van der Waals surface area contributed by atoms with E-state index in [-0.39, 0.29) is 17.6 Å². The van der Waals surface area contributed by atoms with Gasteiger partial charge in [-0.1, -0.05) is 13.0 Å². The van der Waals surface area contributed by atoms with Gasteiger partial charge in [0.2, 0.25) is 0 Å². The summed E-state index contributed by atoms with van der Waals surface area (Å²) in [5, 5.41) is 0. The van der Waals surface area contributed by atoms with E-state index >= 15 is 0 Å². The van der Waals surface area contributed by atoms with Gasteiger partial charge in [0.05, 0.1) is 0 Å². The lowest BCUT2D eigenvalue weighted by atomic mass is 10.2. The fraction of sp³-hybridized carbons (Fsp3) is 0.455. The summed E-state index contributed by atoms with van der Waals surface area (Å²) in [6, 6.07) is 4.76. The molecule has 2 N–H and O–H groups in total. The first kappa shape index (κ1) is 11.0. The van der Waals surface area contributed by atoms with Crippen molar-refractivity contribution in [3.8, 4) is 5.75 Å². The van der Waals surface area contributed by atoms with Gasteiger partial charge in [-0.2, -0.15) is 0 Å². The number of hydrogen-bond donors (Lipinski definition) is 1. The Morgan fingerprint density at radius 3 is 2.86 bits per heavy atom. The highest BCUT2D eigenvalue weighted by molar-refractivity contribution is 5.29. The summed E-state index contributed by atoms with van der Waals surface area (Å²) < 4.78 is 18.4. The summed E-state index contributed by atoms with van der Waals surface area (Å²) in [7, 11) is 0. The molecule has 0 saturated heterocycles. The second-order valence-electron chi connectivity index (χ2n) is 3.41. The highest BCUT2D eigenvalue weighted by Crippen LogP contribution is 2.18. The highest BCUT2D eigenvalue weighted by Gasteiger charge is 2.05. The molecule has 2 nitrogen and oxygen atoms in total. The third-order valence-corrected chi connectivity index (χ3v) is 2.06. The van der Waals surface area contributed by atoms with E-state index in [1.54, 1.807) is 12.1 Å². The Balaban J connectivity index is 2.62. The molecule has 0 aliphatic rings. The maximum absolute atomic E-state index is 13.2. The minimum atomic E-state index is -0.334. The average Bonchev–Trinajstić information content (AvgIpc) is 2.19. The number of hydrogen-bond acceptors (Lipinski definition) is 2. The fourth-order valence-corrected chi connectivity index (χ4v) is 1.04. The number of benzene rings is 1. The van der Waals surface area contributed by atoms with Crippen molar-refractivity contribution < 1.29 is 9.13 Å². The van der Waals surface area contributed by atoms with Crippen LogP contribution < -0.4 is 10.5 Å². The summed E-state index contributed by atoms with van der Waals surface area (Å²) in [4.78, 5) is 0. The van der Waals surface area contributed by atoms with Gasteiger partial charge >= 0.3 is 0 Å². The molecule has 0 radical (unpaired) electrons. The van der Waals surface area contributed by atoms with Gasteiger partial charge in [-0.3, -0.25) is 0 Å². The fourth-order valence-electron chi connectivity index (χ4n) is 1.04. The monoisotopic (exact) mass is 197 g/mol. The van der Waals surface area contributed by atoms with Crippen molar-refractivity contribution in [2.75, 3.05) is 6.61 Å². The van der Waals surface area contributed by atoms with Crippen LogP contribution in [0.1, 0.15) is 18.9 Å². The van der Waals surface area contributed by atoms with Crippen molar-refractivity contribution >= 4 is 0 Å². The van der Waals surface area contributed by atoms with Crippen molar-refractivity contribution in [2.24, 2.45) is 5.73 Å². The second-order valence-corrected chi connectivity index (χ2v) is 3.41. The van der Waals surface area contributed by atoms with Crippen LogP contribution in [0.2, 0.25) is 0 Å². The lowest BCUT2D eigenvalue weighted by Gasteiger charge is -2.11. The molecule has 0 aliphatic carbocycles. The third kappa shape index (κ3) is 3.00. The average molecular weight is 197 g/mol. The van der Waals surface area contributed by atoms with Crippen molar-refractivity contribution in [3.05, 3.63) is 29.6 Å². The molecule has 1 rings (SSSR count). The summed E-state index contributed by atoms with van der Waals surface area (Å²) in [6.07, 6.45) is 0.827. The minimum absolute atomic E-state index is 0.0325. The molecular weight excluding hydrogens is 181 g/mol. The molecule has 1 aromatic rings. The van der Waals surface area contributed by atoms with Crippen LogP contribution in [-0.4, -0.2) is 12.6 Å². The van der Waals surface area contributed by atoms with Crippen LogP contribution in [0.25, 0.3) is 0 Å². The summed E-state index contributed by atoms with van der Waals surface area (Å²) in [6.45, 7) is 4.23. The van der Waals surface area contributed by atoms with Gasteiger partial charge < -0.3 is 10.5 Å². The number of halogens is 1. The van der Waals surface area contributed by atoms with Crippen LogP contribution in [-0.2, 0) is 0 Å². The Bertz CT molecular complexity index is 301. The van der Waals surface area contributed by atoms with Gasteiger partial charge in [0.15, 0.2) is 11.6 Å². The molecule has 0 aromatic heterocycles. The molecule has 0 spiro atoms. The largest absolute Gasteiger partial charge is 0.489 e. The molecule has 0 amide bonds. The van der Waals surface area contributed by atoms with E-state index in [0.717, 1.165) is 12.0 Å². The van der Waals surface area contributed by atoms with Gasteiger partial charge in [0, 0.05) is 6.04 Å². The molecule has 1 aromatic carbocycles. The topological polar surface area (TPSA) is 35.2 Å². The first-order chi connectivity index (χ1) is 6.63. The molecule has 0 heterocycles. The molecule has 3 heteroatoms. The van der Waals surface area contributed by atoms with E-state index < -0.39 is 0 Å². The lowest BCUT2D eigenvalue weighted by Crippen LogP contribution is -2.26. The normalized spacial score (nSPS) is 12.6. The molecule has 0 saturated carbocycles. The summed E-state index contributed by atoms with van der Waals surface area (Å²) in [5.74, 6) is -0.0483. The number of rotatable bonds is 4. The SMILES string of the molecule is CCC(N)COc1cc(C)ccc1F. The first-order valence-electron chi connectivity index (χ1n) is 4.78. The smallest absolute Gasteiger partial charge is 0.165 e. The highest BCUT2D eigenvalue weighted by atomic mass is 19.1. The van der Waals surface area contributed by atoms with Crippen molar-refractivity contribution in [1.82, 2.24) is 0 Å². The Labute approximate surface area is 83.9 Å². The molecule has 14 heavy (non-hydrogen) atoms. The third-order valence-electron chi connectivity index (χ3n) is 2.06. The van der Waals surface area contributed by atoms with Gasteiger partial charge in [0.1, 0.15) is 6.61 Å². The Kier molecular flexibility index (Phi) is 3.89. The minimum Gasteiger partial charge on any atom is -0.489 e. The van der Waals surface area contributed by atoms with Crippen molar-refractivity contribution in [1.29, 1.82) is 0 Å². The summed E-state index contributed by atoms with van der Waals surface area (Å²) >= 11 is 0. The Morgan fingerprint density at radius 2 is 2.21 bits per heavy atom. The Morgan fingerprint density at radius 1 is 1.50 bits per heavy atom. The molecule has 0 fully saturated rings. The van der Waals surface area contributed by atoms with E-state index in [9.17, 15) is 4.39 Å².